The van der Waals surface area contributed by atoms with E-state index >= 15 is 0 Å². The molecule has 0 amide bonds. The zero-order chi connectivity index (χ0) is 11.8. The fraction of sp³-hybridized carbons (Fsp3) is 0.500. The monoisotopic (exact) mass is 294 g/mol. The Balaban J connectivity index is 1.88. The Morgan fingerprint density at radius 3 is 3.12 bits per heavy atom. The van der Waals surface area contributed by atoms with Gasteiger partial charge in [0.25, 0.3) is 0 Å². The lowest BCUT2D eigenvalue weighted by Crippen LogP contribution is -2.40. The van der Waals surface area contributed by atoms with Crippen molar-refractivity contribution in [1.29, 1.82) is 0 Å². The van der Waals surface area contributed by atoms with Crippen LogP contribution >= 0.6 is 15.9 Å². The number of rotatable bonds is 1. The average molecular weight is 295 g/mol. The molecule has 0 saturated carbocycles. The molecule has 0 bridgehead atoms. The van der Waals surface area contributed by atoms with Crippen LogP contribution in [0, 0.1) is 5.92 Å². The van der Waals surface area contributed by atoms with Crippen molar-refractivity contribution in [3.63, 3.8) is 0 Å². The summed E-state index contributed by atoms with van der Waals surface area (Å²) in [4.78, 5) is 7.52. The molecule has 1 aliphatic heterocycles. The van der Waals surface area contributed by atoms with Crippen LogP contribution in [0.2, 0.25) is 0 Å². The quantitative estimate of drug-likeness (QED) is 0.757. The van der Waals surface area contributed by atoms with Crippen LogP contribution in [0.3, 0.4) is 0 Å². The molecule has 4 nitrogen and oxygen atoms in total. The smallest absolute Gasteiger partial charge is 0.157 e. The first-order valence-electron chi connectivity index (χ1n) is 5.93. The number of alkyl halides is 1. The topological polar surface area (TPSA) is 33.4 Å². The molecule has 0 aromatic carbocycles. The minimum Gasteiger partial charge on any atom is -0.355 e. The Morgan fingerprint density at radius 2 is 2.29 bits per heavy atom. The molecule has 90 valence electrons. The Hall–Kier alpha value is -1.10. The van der Waals surface area contributed by atoms with Gasteiger partial charge in [0.05, 0.1) is 6.20 Å². The highest BCUT2D eigenvalue weighted by Crippen LogP contribution is 2.26. The molecule has 0 N–H and O–H groups in total. The summed E-state index contributed by atoms with van der Waals surface area (Å²) in [5, 5.41) is 4.16. The van der Waals surface area contributed by atoms with Gasteiger partial charge < -0.3 is 4.90 Å². The molecule has 0 radical (unpaired) electrons. The predicted molar refractivity (Wildman–Crippen MR) is 71.7 cm³/mol. The van der Waals surface area contributed by atoms with Gasteiger partial charge in [-0.25, -0.2) is 9.50 Å². The molecule has 5 heteroatoms. The van der Waals surface area contributed by atoms with Crippen molar-refractivity contribution in [2.24, 2.45) is 5.92 Å². The molecule has 1 aliphatic rings. The van der Waals surface area contributed by atoms with Crippen molar-refractivity contribution in [2.45, 2.75) is 18.2 Å². The lowest BCUT2D eigenvalue weighted by Gasteiger charge is -2.34. The minimum absolute atomic E-state index is 0.555. The van der Waals surface area contributed by atoms with E-state index in [1.807, 2.05) is 18.3 Å². The summed E-state index contributed by atoms with van der Waals surface area (Å²) in [6, 6.07) is 3.97. The predicted octanol–water partition coefficient (Wildman–Crippen LogP) is 2.34. The number of hydrogen-bond donors (Lipinski definition) is 0. The largest absolute Gasteiger partial charge is 0.355 e. The van der Waals surface area contributed by atoms with Crippen LogP contribution in [0.15, 0.2) is 24.5 Å². The van der Waals surface area contributed by atoms with Crippen molar-refractivity contribution < 1.29 is 0 Å². The van der Waals surface area contributed by atoms with Gasteiger partial charge in [0, 0.05) is 30.2 Å². The number of hydrogen-bond acceptors (Lipinski definition) is 3. The maximum absolute atomic E-state index is 4.62. The fourth-order valence-corrected chi connectivity index (χ4v) is 2.82. The number of fused-ring (bicyclic) bond motifs is 1. The highest BCUT2D eigenvalue weighted by atomic mass is 79.9. The van der Waals surface area contributed by atoms with Crippen molar-refractivity contribution in [2.75, 3.05) is 18.0 Å². The van der Waals surface area contributed by atoms with Crippen molar-refractivity contribution in [3.8, 4) is 0 Å². The van der Waals surface area contributed by atoms with E-state index < -0.39 is 0 Å². The first-order valence-corrected chi connectivity index (χ1v) is 6.85. The molecule has 3 rings (SSSR count). The van der Waals surface area contributed by atoms with Gasteiger partial charge in [-0.2, -0.15) is 5.10 Å². The Morgan fingerprint density at radius 1 is 1.41 bits per heavy atom. The van der Waals surface area contributed by atoms with Gasteiger partial charge >= 0.3 is 0 Å². The normalized spacial score (nSPS) is 25.4. The number of halogens is 1. The van der Waals surface area contributed by atoms with E-state index in [-0.39, 0.29) is 0 Å². The number of anilines is 1. The summed E-state index contributed by atoms with van der Waals surface area (Å²) >= 11 is 3.75. The van der Waals surface area contributed by atoms with Crippen LogP contribution in [-0.2, 0) is 0 Å². The second kappa shape index (κ2) is 4.29. The second-order valence-corrected chi connectivity index (χ2v) is 5.82. The highest BCUT2D eigenvalue weighted by molar-refractivity contribution is 9.09. The van der Waals surface area contributed by atoms with Crippen LogP contribution < -0.4 is 4.90 Å². The van der Waals surface area contributed by atoms with Crippen molar-refractivity contribution >= 4 is 27.4 Å². The molecular weight excluding hydrogens is 280 g/mol. The van der Waals surface area contributed by atoms with Gasteiger partial charge in [-0.15, -0.1) is 0 Å². The van der Waals surface area contributed by atoms with Gasteiger partial charge in [0.15, 0.2) is 5.65 Å². The maximum Gasteiger partial charge on any atom is 0.157 e. The lowest BCUT2D eigenvalue weighted by molar-refractivity contribution is 0.454. The Kier molecular flexibility index (Phi) is 2.78. The minimum atomic E-state index is 0.555. The third-order valence-corrected chi connectivity index (χ3v) is 4.63. The van der Waals surface area contributed by atoms with E-state index in [1.54, 1.807) is 10.7 Å². The standard InChI is InChI=1S/C12H15BrN4/c1-9-3-6-16(8-10(9)13)11-4-7-17-12(15-11)2-5-14-17/h2,4-5,7,9-10H,3,6,8H2,1H3. The first kappa shape index (κ1) is 11.0. The summed E-state index contributed by atoms with van der Waals surface area (Å²) in [7, 11) is 0. The molecule has 2 atom stereocenters. The summed E-state index contributed by atoms with van der Waals surface area (Å²) in [6.45, 7) is 4.41. The van der Waals surface area contributed by atoms with Gasteiger partial charge in [-0.3, -0.25) is 0 Å². The average Bonchev–Trinajstić information content (AvgIpc) is 2.79. The molecule has 17 heavy (non-hydrogen) atoms. The summed E-state index contributed by atoms with van der Waals surface area (Å²) in [6.07, 6.45) is 4.96. The van der Waals surface area contributed by atoms with E-state index in [1.165, 1.54) is 6.42 Å². The maximum atomic E-state index is 4.62. The van der Waals surface area contributed by atoms with E-state index in [0.717, 1.165) is 30.5 Å². The van der Waals surface area contributed by atoms with Crippen LogP contribution in [0.5, 0.6) is 0 Å². The molecule has 3 heterocycles. The van der Waals surface area contributed by atoms with Gasteiger partial charge in [0.1, 0.15) is 5.82 Å². The molecule has 1 saturated heterocycles. The lowest BCUT2D eigenvalue weighted by atomic mass is 9.99. The summed E-state index contributed by atoms with van der Waals surface area (Å²) in [5.74, 6) is 1.79. The first-order chi connectivity index (χ1) is 8.24. The number of piperidine rings is 1. The van der Waals surface area contributed by atoms with E-state index in [0.29, 0.717) is 4.83 Å². The second-order valence-electron chi connectivity index (χ2n) is 4.65. The summed E-state index contributed by atoms with van der Waals surface area (Å²) in [5.41, 5.74) is 0.909. The van der Waals surface area contributed by atoms with Crippen molar-refractivity contribution in [1.82, 2.24) is 14.6 Å². The van der Waals surface area contributed by atoms with Crippen molar-refractivity contribution in [3.05, 3.63) is 24.5 Å². The molecule has 0 spiro atoms. The molecule has 1 fully saturated rings. The van der Waals surface area contributed by atoms with Crippen LogP contribution in [0.25, 0.3) is 5.65 Å². The highest BCUT2D eigenvalue weighted by Gasteiger charge is 2.24. The molecule has 2 aromatic heterocycles. The van der Waals surface area contributed by atoms with Gasteiger partial charge in [0.2, 0.25) is 0 Å². The van der Waals surface area contributed by atoms with E-state index in [2.05, 4.69) is 37.8 Å². The summed E-state index contributed by atoms with van der Waals surface area (Å²) < 4.78 is 1.79. The Labute approximate surface area is 109 Å². The van der Waals surface area contributed by atoms with E-state index in [4.69, 9.17) is 0 Å². The van der Waals surface area contributed by atoms with E-state index in [9.17, 15) is 0 Å². The molecule has 2 unspecified atom stereocenters. The third-order valence-electron chi connectivity index (χ3n) is 3.43. The Bertz CT molecular complexity index is 524. The molecule has 0 aliphatic carbocycles. The van der Waals surface area contributed by atoms with Gasteiger partial charge in [-0.1, -0.05) is 22.9 Å². The number of nitrogens with zero attached hydrogens (tertiary/aromatic N) is 4. The molecule has 2 aromatic rings. The van der Waals surface area contributed by atoms with Crippen LogP contribution in [0.4, 0.5) is 5.82 Å². The molecular formula is C12H15BrN4. The van der Waals surface area contributed by atoms with Gasteiger partial charge in [-0.05, 0) is 18.4 Å². The zero-order valence-corrected chi connectivity index (χ0v) is 11.3. The SMILES string of the molecule is CC1CCN(c2ccn3nccc3n2)CC1Br. The number of aromatic nitrogens is 3. The third kappa shape index (κ3) is 2.04. The van der Waals surface area contributed by atoms with Crippen LogP contribution in [-0.4, -0.2) is 32.5 Å². The fourth-order valence-electron chi connectivity index (χ4n) is 2.21. The van der Waals surface area contributed by atoms with Crippen LogP contribution in [0.1, 0.15) is 13.3 Å². The zero-order valence-electron chi connectivity index (χ0n) is 9.75.